The van der Waals surface area contributed by atoms with Gasteiger partial charge in [0, 0.05) is 18.7 Å². The van der Waals surface area contributed by atoms with Crippen LogP contribution in [0.3, 0.4) is 0 Å². The summed E-state index contributed by atoms with van der Waals surface area (Å²) in [6, 6.07) is 2.31. The summed E-state index contributed by atoms with van der Waals surface area (Å²) < 4.78 is 11.1. The molecule has 0 atom stereocenters. The minimum absolute atomic E-state index is 0.209. The number of amides is 1. The van der Waals surface area contributed by atoms with E-state index in [9.17, 15) is 4.79 Å². The molecule has 0 aromatic carbocycles. The van der Waals surface area contributed by atoms with Crippen LogP contribution in [0.4, 0.5) is 4.79 Å². The fraction of sp³-hybridized carbons (Fsp3) is 0.700. The van der Waals surface area contributed by atoms with Gasteiger partial charge in [0.25, 0.3) is 0 Å². The number of fused-ring (bicyclic) bond motifs is 1. The maximum atomic E-state index is 12.3. The number of piperidine rings is 1. The van der Waals surface area contributed by atoms with E-state index in [0.717, 1.165) is 35.9 Å². The molecule has 1 aromatic rings. The number of thioether (sulfide) groups is 1. The number of ether oxygens (including phenoxy) is 2. The summed E-state index contributed by atoms with van der Waals surface area (Å²) >= 11 is 1.84. The van der Waals surface area contributed by atoms with E-state index in [1.807, 2.05) is 37.4 Å². The van der Waals surface area contributed by atoms with E-state index in [4.69, 9.17) is 14.5 Å². The number of carbonyl (C=O) groups is 1. The van der Waals surface area contributed by atoms with Gasteiger partial charge < -0.3 is 14.4 Å². The van der Waals surface area contributed by atoms with Crippen LogP contribution in [0.15, 0.2) is 11.1 Å². The normalized spacial score (nSPS) is 18.8. The second-order valence-electron chi connectivity index (χ2n) is 8.10. The summed E-state index contributed by atoms with van der Waals surface area (Å²) in [6.07, 6.45) is 5.20. The lowest BCUT2D eigenvalue weighted by Gasteiger charge is -2.34. The first kappa shape index (κ1) is 19.3. The van der Waals surface area contributed by atoms with Crippen LogP contribution in [0.5, 0.6) is 5.88 Å². The highest BCUT2D eigenvalue weighted by Crippen LogP contribution is 2.38. The van der Waals surface area contributed by atoms with Crippen molar-refractivity contribution in [1.29, 1.82) is 0 Å². The average Bonchev–Trinajstić information content (AvgIpc) is 2.84. The maximum absolute atomic E-state index is 12.3. The Balaban J connectivity index is 1.71. The Morgan fingerprint density at radius 3 is 2.65 bits per heavy atom. The lowest BCUT2D eigenvalue weighted by Crippen LogP contribution is -2.41. The van der Waals surface area contributed by atoms with Gasteiger partial charge in [0.15, 0.2) is 0 Å². The first-order valence-electron chi connectivity index (χ1n) is 9.56. The third-order valence-corrected chi connectivity index (χ3v) is 6.03. The number of methoxy groups -OCH3 is 1. The van der Waals surface area contributed by atoms with Crippen LogP contribution in [0.25, 0.3) is 0 Å². The molecule has 0 N–H and O–H groups in total. The third-order valence-electron chi connectivity index (χ3n) is 4.91. The summed E-state index contributed by atoms with van der Waals surface area (Å²) in [5.41, 5.74) is 2.12. The molecule has 0 bridgehead atoms. The Bertz CT molecular complexity index is 649. The van der Waals surface area contributed by atoms with Crippen LogP contribution in [0, 0.1) is 0 Å². The first-order valence-corrected chi connectivity index (χ1v) is 10.5. The van der Waals surface area contributed by atoms with E-state index in [-0.39, 0.29) is 6.09 Å². The number of carbonyl (C=O) groups excluding carboxylic acids is 1. The van der Waals surface area contributed by atoms with E-state index in [0.29, 0.717) is 19.0 Å². The van der Waals surface area contributed by atoms with Gasteiger partial charge in [0.2, 0.25) is 5.88 Å². The fourth-order valence-corrected chi connectivity index (χ4v) is 4.62. The molecule has 1 amide bonds. The van der Waals surface area contributed by atoms with Crippen molar-refractivity contribution in [2.24, 2.45) is 0 Å². The molecule has 1 saturated heterocycles. The topological polar surface area (TPSA) is 51.7 Å². The van der Waals surface area contributed by atoms with Gasteiger partial charge >= 0.3 is 6.09 Å². The monoisotopic (exact) mass is 378 g/mol. The number of hydrogen-bond acceptors (Lipinski definition) is 5. The zero-order valence-electron chi connectivity index (χ0n) is 16.3. The van der Waals surface area contributed by atoms with Crippen molar-refractivity contribution in [2.75, 3.05) is 26.0 Å². The van der Waals surface area contributed by atoms with Gasteiger partial charge in [0.1, 0.15) is 10.6 Å². The predicted octanol–water partition coefficient (Wildman–Crippen LogP) is 4.63. The van der Waals surface area contributed by atoms with Gasteiger partial charge in [0.05, 0.1) is 7.11 Å². The molecule has 0 spiro atoms. The van der Waals surface area contributed by atoms with E-state index in [1.165, 1.54) is 24.0 Å². The molecule has 5 nitrogen and oxygen atoms in total. The highest BCUT2D eigenvalue weighted by Gasteiger charge is 2.29. The fourth-order valence-electron chi connectivity index (χ4n) is 3.59. The van der Waals surface area contributed by atoms with Gasteiger partial charge in [-0.25, -0.2) is 9.78 Å². The molecule has 0 unspecified atom stereocenters. The molecule has 0 saturated carbocycles. The van der Waals surface area contributed by atoms with Crippen molar-refractivity contribution in [3.63, 3.8) is 0 Å². The number of aryl methyl sites for hydroxylation is 1. The Morgan fingerprint density at radius 2 is 2.00 bits per heavy atom. The van der Waals surface area contributed by atoms with Crippen LogP contribution in [-0.4, -0.2) is 47.5 Å². The van der Waals surface area contributed by atoms with Crippen LogP contribution in [-0.2, 0) is 11.2 Å². The zero-order valence-corrected chi connectivity index (χ0v) is 17.2. The van der Waals surface area contributed by atoms with Gasteiger partial charge in [-0.3, -0.25) is 0 Å². The molecule has 1 fully saturated rings. The summed E-state index contributed by atoms with van der Waals surface area (Å²) in [5.74, 6) is 2.28. The summed E-state index contributed by atoms with van der Waals surface area (Å²) in [7, 11) is 1.70. The van der Waals surface area contributed by atoms with Crippen LogP contribution in [0.2, 0.25) is 0 Å². The first-order chi connectivity index (χ1) is 12.4. The number of aromatic nitrogens is 1. The van der Waals surface area contributed by atoms with Crippen LogP contribution >= 0.6 is 11.8 Å². The zero-order chi connectivity index (χ0) is 18.7. The second-order valence-corrected chi connectivity index (χ2v) is 9.18. The molecule has 6 heteroatoms. The lowest BCUT2D eigenvalue weighted by atomic mass is 9.89. The van der Waals surface area contributed by atoms with Gasteiger partial charge in [-0.15, -0.1) is 11.8 Å². The molecular formula is C20H30N2O3S. The maximum Gasteiger partial charge on any atom is 0.410 e. The quantitative estimate of drug-likeness (QED) is 0.751. The minimum atomic E-state index is -0.449. The largest absolute Gasteiger partial charge is 0.481 e. The van der Waals surface area contributed by atoms with E-state index in [1.54, 1.807) is 7.11 Å². The highest BCUT2D eigenvalue weighted by molar-refractivity contribution is 7.99. The number of pyridine rings is 1. The van der Waals surface area contributed by atoms with Crippen molar-refractivity contribution in [1.82, 2.24) is 9.88 Å². The molecule has 0 radical (unpaired) electrons. The Labute approximate surface area is 160 Å². The Hall–Kier alpha value is -1.43. The summed E-state index contributed by atoms with van der Waals surface area (Å²) in [6.45, 7) is 7.15. The highest BCUT2D eigenvalue weighted by atomic mass is 32.2. The number of hydrogen-bond donors (Lipinski definition) is 0. The van der Waals surface area contributed by atoms with Crippen molar-refractivity contribution in [3.05, 3.63) is 17.2 Å². The van der Waals surface area contributed by atoms with Crippen LogP contribution in [0.1, 0.15) is 63.5 Å². The number of rotatable bonds is 2. The molecule has 0 aliphatic carbocycles. The average molecular weight is 379 g/mol. The van der Waals surface area contributed by atoms with Gasteiger partial charge in [-0.05, 0) is 76.2 Å². The molecule has 1 aromatic heterocycles. The van der Waals surface area contributed by atoms with Crippen molar-refractivity contribution in [2.45, 2.75) is 69.4 Å². The second kappa shape index (κ2) is 8.07. The third kappa shape index (κ3) is 4.64. The molecular weight excluding hydrogens is 348 g/mol. The SMILES string of the molecule is COc1nc2c(cc1C1CCN(C(=O)OC(C)(C)C)CC1)CCCCS2. The molecule has 2 aliphatic heterocycles. The number of likely N-dealkylation sites (tertiary alicyclic amines) is 1. The smallest absolute Gasteiger partial charge is 0.410 e. The Kier molecular flexibility index (Phi) is 6.00. The molecule has 3 heterocycles. The molecule has 3 rings (SSSR count). The number of nitrogens with zero attached hydrogens (tertiary/aromatic N) is 2. The van der Waals surface area contributed by atoms with Crippen molar-refractivity contribution >= 4 is 17.9 Å². The lowest BCUT2D eigenvalue weighted by molar-refractivity contribution is 0.0204. The van der Waals surface area contributed by atoms with Crippen molar-refractivity contribution < 1.29 is 14.3 Å². The summed E-state index contributed by atoms with van der Waals surface area (Å²) in [5, 5.41) is 1.13. The predicted molar refractivity (Wildman–Crippen MR) is 104 cm³/mol. The Morgan fingerprint density at radius 1 is 1.27 bits per heavy atom. The van der Waals surface area contributed by atoms with Gasteiger partial charge in [-0.1, -0.05) is 0 Å². The van der Waals surface area contributed by atoms with Crippen LogP contribution < -0.4 is 4.74 Å². The molecule has 26 heavy (non-hydrogen) atoms. The summed E-state index contributed by atoms with van der Waals surface area (Å²) in [4.78, 5) is 18.9. The van der Waals surface area contributed by atoms with E-state index < -0.39 is 5.60 Å². The van der Waals surface area contributed by atoms with Crippen molar-refractivity contribution in [3.8, 4) is 5.88 Å². The standard InChI is InChI=1S/C20H30N2O3S/c1-20(2,3)25-19(23)22-10-8-14(9-11-22)16-13-15-7-5-6-12-26-18(15)21-17(16)24-4/h13-14H,5-12H2,1-4H3. The molecule has 144 valence electrons. The molecule has 2 aliphatic rings. The minimum Gasteiger partial charge on any atom is -0.481 e. The van der Waals surface area contributed by atoms with E-state index >= 15 is 0 Å². The van der Waals surface area contributed by atoms with E-state index in [2.05, 4.69) is 6.07 Å². The van der Waals surface area contributed by atoms with Gasteiger partial charge in [-0.2, -0.15) is 0 Å².